The van der Waals surface area contributed by atoms with Crippen molar-refractivity contribution in [3.05, 3.63) is 18.2 Å². The topological polar surface area (TPSA) is 58.4 Å². The van der Waals surface area contributed by atoms with Crippen LogP contribution in [-0.4, -0.2) is 63.0 Å². The summed E-state index contributed by atoms with van der Waals surface area (Å²) >= 11 is 0. The molecule has 0 bridgehead atoms. The van der Waals surface area contributed by atoms with Gasteiger partial charge in [0.25, 0.3) is 0 Å². The summed E-state index contributed by atoms with van der Waals surface area (Å²) in [6.07, 6.45) is 6.64. The molecule has 3 aliphatic rings. The summed E-state index contributed by atoms with van der Waals surface area (Å²) in [5.41, 5.74) is -1.32. The van der Waals surface area contributed by atoms with Crippen molar-refractivity contribution in [3.63, 3.8) is 0 Å². The number of halogens is 1. The average molecular weight is 348 g/mol. The molecule has 0 radical (unpaired) electrons. The molecule has 3 fully saturated rings. The van der Waals surface area contributed by atoms with Crippen molar-refractivity contribution in [1.29, 1.82) is 0 Å². The van der Waals surface area contributed by atoms with Gasteiger partial charge in [-0.2, -0.15) is 0 Å². The van der Waals surface area contributed by atoms with Gasteiger partial charge in [0.15, 0.2) is 0 Å². The lowest BCUT2D eigenvalue weighted by Gasteiger charge is -2.27. The molecule has 1 spiro atoms. The summed E-state index contributed by atoms with van der Waals surface area (Å²) in [5, 5.41) is 0. The minimum atomic E-state index is -1.59. The van der Waals surface area contributed by atoms with E-state index < -0.39 is 5.67 Å². The average Bonchev–Trinajstić information content (AvgIpc) is 3.45. The Bertz CT molecular complexity index is 710. The maximum absolute atomic E-state index is 15.0. The molecule has 0 aromatic carbocycles. The smallest absolute Gasteiger partial charge is 0.242 e. The van der Waals surface area contributed by atoms with Gasteiger partial charge in [-0.25, -0.2) is 9.37 Å². The third kappa shape index (κ3) is 3.16. The lowest BCUT2D eigenvalue weighted by molar-refractivity contribution is -0.135. The van der Waals surface area contributed by atoms with Crippen LogP contribution in [-0.2, 0) is 16.1 Å². The van der Waals surface area contributed by atoms with Gasteiger partial charge < -0.3 is 14.4 Å². The van der Waals surface area contributed by atoms with Crippen LogP contribution in [0.5, 0.6) is 0 Å². The fraction of sp³-hybridized carbons (Fsp3) is 0.722. The summed E-state index contributed by atoms with van der Waals surface area (Å²) < 4.78 is 16.8. The second-order valence-electron chi connectivity index (χ2n) is 8.21. The largest absolute Gasteiger partial charge is 0.337 e. The minimum absolute atomic E-state index is 0.0270. The van der Waals surface area contributed by atoms with E-state index >= 15 is 0 Å². The summed E-state index contributed by atoms with van der Waals surface area (Å²) in [4.78, 5) is 32.6. The first kappa shape index (κ1) is 16.5. The third-order valence-corrected chi connectivity index (χ3v) is 5.95. The Kier molecular flexibility index (Phi) is 3.67. The fourth-order valence-corrected chi connectivity index (χ4v) is 4.09. The molecule has 1 aliphatic heterocycles. The highest BCUT2D eigenvalue weighted by Crippen LogP contribution is 2.71. The number of imidazole rings is 1. The van der Waals surface area contributed by atoms with Gasteiger partial charge in [0.2, 0.25) is 11.8 Å². The highest BCUT2D eigenvalue weighted by Gasteiger charge is 2.66. The van der Waals surface area contributed by atoms with Crippen LogP contribution >= 0.6 is 0 Å². The molecule has 2 heterocycles. The van der Waals surface area contributed by atoms with Gasteiger partial charge in [0, 0.05) is 31.4 Å². The van der Waals surface area contributed by atoms with Crippen molar-refractivity contribution in [3.8, 4) is 0 Å². The Labute approximate surface area is 147 Å². The van der Waals surface area contributed by atoms with Crippen molar-refractivity contribution >= 4 is 11.8 Å². The molecule has 0 N–H and O–H groups in total. The molecule has 2 atom stereocenters. The number of amides is 2. The van der Waals surface area contributed by atoms with Crippen molar-refractivity contribution in [2.24, 2.45) is 11.3 Å². The van der Waals surface area contributed by atoms with E-state index in [1.807, 2.05) is 6.92 Å². The first-order valence-corrected chi connectivity index (χ1v) is 9.03. The van der Waals surface area contributed by atoms with E-state index in [0.717, 1.165) is 25.1 Å². The van der Waals surface area contributed by atoms with Gasteiger partial charge in [0.1, 0.15) is 18.0 Å². The summed E-state index contributed by atoms with van der Waals surface area (Å²) in [5.74, 6) is 0.802. The molecule has 136 valence electrons. The molecule has 2 saturated carbocycles. The molecule has 1 aromatic rings. The highest BCUT2D eigenvalue weighted by atomic mass is 19.1. The number of carbonyl (C=O) groups is 2. The molecule has 2 amide bonds. The molecule has 1 aromatic heterocycles. The Morgan fingerprint density at radius 2 is 1.96 bits per heavy atom. The van der Waals surface area contributed by atoms with Gasteiger partial charge in [-0.3, -0.25) is 9.59 Å². The molecular weight excluding hydrogens is 323 g/mol. The summed E-state index contributed by atoms with van der Waals surface area (Å²) in [7, 11) is 0. The molecule has 2 unspecified atom stereocenters. The monoisotopic (exact) mass is 348 g/mol. The number of aromatic nitrogens is 2. The van der Waals surface area contributed by atoms with E-state index in [4.69, 9.17) is 0 Å². The van der Waals surface area contributed by atoms with Crippen molar-refractivity contribution < 1.29 is 14.0 Å². The SMILES string of the molecule is Cc1nccn1CC(=O)N1CCN(C(=O)C2CC23CC3)CC(C)(F)C1. The Balaban J connectivity index is 1.42. The Morgan fingerprint density at radius 3 is 2.56 bits per heavy atom. The van der Waals surface area contributed by atoms with Gasteiger partial charge in [-0.1, -0.05) is 0 Å². The van der Waals surface area contributed by atoms with Crippen LogP contribution in [0.15, 0.2) is 12.4 Å². The second kappa shape index (κ2) is 5.54. The van der Waals surface area contributed by atoms with E-state index in [9.17, 15) is 14.0 Å². The lowest BCUT2D eigenvalue weighted by Crippen LogP contribution is -2.44. The predicted octanol–water partition coefficient (Wildman–Crippen LogP) is 1.39. The minimum Gasteiger partial charge on any atom is -0.337 e. The zero-order valence-corrected chi connectivity index (χ0v) is 14.9. The lowest BCUT2D eigenvalue weighted by atomic mass is 10.1. The normalized spacial score (nSPS) is 30.3. The Hall–Kier alpha value is -1.92. The number of nitrogens with zero attached hydrogens (tertiary/aromatic N) is 4. The standard InChI is InChI=1S/C18H25FN4O2/c1-13-20-5-6-21(13)10-15(24)22-7-8-23(12-17(2,19)11-22)16(25)14-9-18(14)3-4-18/h5-6,14H,3-4,7-12H2,1-2H3. The van der Waals surface area contributed by atoms with E-state index in [-0.39, 0.29) is 42.8 Å². The third-order valence-electron chi connectivity index (χ3n) is 5.95. The van der Waals surface area contributed by atoms with Crippen molar-refractivity contribution in [1.82, 2.24) is 19.4 Å². The quantitative estimate of drug-likeness (QED) is 0.829. The van der Waals surface area contributed by atoms with E-state index in [2.05, 4.69) is 4.98 Å². The summed E-state index contributed by atoms with van der Waals surface area (Å²) in [6, 6.07) is 0. The number of alkyl halides is 1. The van der Waals surface area contributed by atoms with Gasteiger partial charge in [-0.05, 0) is 38.5 Å². The van der Waals surface area contributed by atoms with E-state index in [1.54, 1.807) is 26.8 Å². The van der Waals surface area contributed by atoms with Crippen LogP contribution < -0.4 is 0 Å². The zero-order valence-electron chi connectivity index (χ0n) is 14.9. The Morgan fingerprint density at radius 1 is 1.28 bits per heavy atom. The molecule has 7 heteroatoms. The molecule has 6 nitrogen and oxygen atoms in total. The maximum atomic E-state index is 15.0. The number of rotatable bonds is 3. The first-order valence-electron chi connectivity index (χ1n) is 9.03. The zero-order chi connectivity index (χ0) is 17.8. The van der Waals surface area contributed by atoms with Gasteiger partial charge in [-0.15, -0.1) is 0 Å². The van der Waals surface area contributed by atoms with Crippen LogP contribution in [0.4, 0.5) is 4.39 Å². The molecule has 1 saturated heterocycles. The predicted molar refractivity (Wildman–Crippen MR) is 89.4 cm³/mol. The molecule has 2 aliphatic carbocycles. The fourth-order valence-electron chi connectivity index (χ4n) is 4.09. The van der Waals surface area contributed by atoms with Crippen molar-refractivity contribution in [2.45, 2.75) is 45.3 Å². The maximum Gasteiger partial charge on any atom is 0.242 e. The van der Waals surface area contributed by atoms with Gasteiger partial charge in [0.05, 0.1) is 13.1 Å². The van der Waals surface area contributed by atoms with Crippen LogP contribution in [0.2, 0.25) is 0 Å². The molecule has 4 rings (SSSR count). The molecular formula is C18H25FN4O2. The van der Waals surface area contributed by atoms with Crippen LogP contribution in [0.25, 0.3) is 0 Å². The number of hydrogen-bond acceptors (Lipinski definition) is 3. The summed E-state index contributed by atoms with van der Waals surface area (Å²) in [6.45, 7) is 4.38. The number of hydrogen-bond donors (Lipinski definition) is 0. The van der Waals surface area contributed by atoms with Crippen molar-refractivity contribution in [2.75, 3.05) is 26.2 Å². The number of carbonyl (C=O) groups excluding carboxylic acids is 2. The van der Waals surface area contributed by atoms with Crippen LogP contribution in [0.3, 0.4) is 0 Å². The van der Waals surface area contributed by atoms with E-state index in [1.165, 1.54) is 6.92 Å². The van der Waals surface area contributed by atoms with Crippen LogP contribution in [0, 0.1) is 18.3 Å². The molecule has 25 heavy (non-hydrogen) atoms. The first-order chi connectivity index (χ1) is 11.8. The van der Waals surface area contributed by atoms with Crippen LogP contribution in [0.1, 0.15) is 32.0 Å². The van der Waals surface area contributed by atoms with E-state index in [0.29, 0.717) is 13.1 Å². The van der Waals surface area contributed by atoms with Gasteiger partial charge >= 0.3 is 0 Å². The second-order valence-corrected chi connectivity index (χ2v) is 8.21. The highest BCUT2D eigenvalue weighted by molar-refractivity contribution is 5.84. The number of aryl methyl sites for hydroxylation is 1.